The Balaban J connectivity index is 1.62. The van der Waals surface area contributed by atoms with Crippen molar-refractivity contribution in [2.24, 2.45) is 25.9 Å². The standard InChI is InChI=1S/C18H26N6O2/c1-12(2)18(26)24-8-5-13(6-9-24)17(25)20-15-11-14(21-23(15)4)16-19-7-10-22(16)3/h7,10-13H,5-6,8-9H2,1-4H3,(H,20,25). The van der Waals surface area contributed by atoms with E-state index >= 15 is 0 Å². The van der Waals surface area contributed by atoms with Crippen LogP contribution < -0.4 is 5.32 Å². The van der Waals surface area contributed by atoms with Crippen LogP contribution in [0.15, 0.2) is 18.5 Å². The number of imidazole rings is 1. The molecule has 2 aromatic heterocycles. The Morgan fingerprint density at radius 2 is 1.92 bits per heavy atom. The van der Waals surface area contributed by atoms with Crippen LogP contribution in [-0.2, 0) is 23.7 Å². The molecule has 0 aromatic carbocycles. The number of carbonyl (C=O) groups is 2. The number of amides is 2. The lowest BCUT2D eigenvalue weighted by Crippen LogP contribution is -2.43. The van der Waals surface area contributed by atoms with Gasteiger partial charge in [-0.2, -0.15) is 5.10 Å². The van der Waals surface area contributed by atoms with Gasteiger partial charge in [0, 0.05) is 57.5 Å². The minimum absolute atomic E-state index is 0.000590. The predicted octanol–water partition coefficient (Wildman–Crippen LogP) is 1.65. The van der Waals surface area contributed by atoms with Gasteiger partial charge in [-0.1, -0.05) is 13.8 Å². The van der Waals surface area contributed by atoms with Crippen LogP contribution in [0.5, 0.6) is 0 Å². The summed E-state index contributed by atoms with van der Waals surface area (Å²) in [6.07, 6.45) is 4.95. The third-order valence-electron chi connectivity index (χ3n) is 4.85. The van der Waals surface area contributed by atoms with Crippen LogP contribution in [0.1, 0.15) is 26.7 Å². The number of carbonyl (C=O) groups excluding carboxylic acids is 2. The number of likely N-dealkylation sites (tertiary alicyclic amines) is 1. The molecule has 140 valence electrons. The van der Waals surface area contributed by atoms with Crippen molar-refractivity contribution in [2.75, 3.05) is 18.4 Å². The molecule has 3 rings (SSSR count). The summed E-state index contributed by atoms with van der Waals surface area (Å²) in [6, 6.07) is 1.83. The van der Waals surface area contributed by atoms with Gasteiger partial charge < -0.3 is 14.8 Å². The number of hydrogen-bond donors (Lipinski definition) is 1. The number of rotatable bonds is 4. The number of anilines is 1. The summed E-state index contributed by atoms with van der Waals surface area (Å²) in [4.78, 5) is 30.8. The number of aromatic nitrogens is 4. The molecule has 0 bridgehead atoms. The number of aryl methyl sites for hydroxylation is 2. The van der Waals surface area contributed by atoms with Crippen molar-refractivity contribution in [3.8, 4) is 11.5 Å². The maximum absolute atomic E-state index is 12.6. The third kappa shape index (κ3) is 3.63. The van der Waals surface area contributed by atoms with E-state index in [1.165, 1.54) is 0 Å². The maximum Gasteiger partial charge on any atom is 0.228 e. The van der Waals surface area contributed by atoms with E-state index in [4.69, 9.17) is 0 Å². The van der Waals surface area contributed by atoms with Crippen molar-refractivity contribution in [3.05, 3.63) is 18.5 Å². The van der Waals surface area contributed by atoms with Crippen LogP contribution in [0.2, 0.25) is 0 Å². The van der Waals surface area contributed by atoms with Gasteiger partial charge in [-0.05, 0) is 12.8 Å². The van der Waals surface area contributed by atoms with Crippen molar-refractivity contribution < 1.29 is 9.59 Å². The fourth-order valence-corrected chi connectivity index (χ4v) is 3.26. The summed E-state index contributed by atoms with van der Waals surface area (Å²) in [5, 5.41) is 7.40. The lowest BCUT2D eigenvalue weighted by Gasteiger charge is -2.32. The van der Waals surface area contributed by atoms with Gasteiger partial charge in [0.15, 0.2) is 5.82 Å². The third-order valence-corrected chi connectivity index (χ3v) is 4.85. The number of nitrogens with one attached hydrogen (secondary N) is 1. The molecule has 1 aliphatic rings. The molecule has 1 fully saturated rings. The van der Waals surface area contributed by atoms with E-state index in [0.29, 0.717) is 37.4 Å². The topological polar surface area (TPSA) is 85.1 Å². The number of nitrogens with zero attached hydrogens (tertiary/aromatic N) is 5. The van der Waals surface area contributed by atoms with Crippen molar-refractivity contribution >= 4 is 17.6 Å². The first-order chi connectivity index (χ1) is 12.4. The maximum atomic E-state index is 12.6. The fourth-order valence-electron chi connectivity index (χ4n) is 3.26. The summed E-state index contributed by atoms with van der Waals surface area (Å²) < 4.78 is 3.54. The van der Waals surface area contributed by atoms with Crippen LogP contribution >= 0.6 is 0 Å². The van der Waals surface area contributed by atoms with Gasteiger partial charge in [0.1, 0.15) is 11.5 Å². The summed E-state index contributed by atoms with van der Waals surface area (Å²) in [7, 11) is 3.70. The second-order valence-electron chi connectivity index (χ2n) is 7.14. The zero-order valence-electron chi connectivity index (χ0n) is 15.8. The van der Waals surface area contributed by atoms with Gasteiger partial charge in [-0.3, -0.25) is 14.3 Å². The normalized spacial score (nSPS) is 15.5. The smallest absolute Gasteiger partial charge is 0.228 e. The van der Waals surface area contributed by atoms with Gasteiger partial charge in [-0.25, -0.2) is 4.98 Å². The van der Waals surface area contributed by atoms with E-state index in [2.05, 4.69) is 15.4 Å². The average Bonchev–Trinajstić information content (AvgIpc) is 3.20. The lowest BCUT2D eigenvalue weighted by atomic mass is 9.95. The first kappa shape index (κ1) is 18.2. The summed E-state index contributed by atoms with van der Waals surface area (Å²) in [5.74, 6) is 1.46. The molecule has 26 heavy (non-hydrogen) atoms. The second kappa shape index (κ2) is 7.31. The molecule has 2 amide bonds. The minimum Gasteiger partial charge on any atom is -0.342 e. The van der Waals surface area contributed by atoms with Gasteiger partial charge in [0.05, 0.1) is 0 Å². The first-order valence-corrected chi connectivity index (χ1v) is 8.98. The monoisotopic (exact) mass is 358 g/mol. The largest absolute Gasteiger partial charge is 0.342 e. The van der Waals surface area contributed by atoms with E-state index < -0.39 is 0 Å². The van der Waals surface area contributed by atoms with Crippen LogP contribution in [0.4, 0.5) is 5.82 Å². The highest BCUT2D eigenvalue weighted by molar-refractivity contribution is 5.92. The molecule has 0 radical (unpaired) electrons. The molecule has 1 aliphatic heterocycles. The van der Waals surface area contributed by atoms with E-state index in [1.807, 2.05) is 42.6 Å². The zero-order chi connectivity index (χ0) is 18.8. The molecular weight excluding hydrogens is 332 g/mol. The first-order valence-electron chi connectivity index (χ1n) is 8.98. The summed E-state index contributed by atoms with van der Waals surface area (Å²) >= 11 is 0. The van der Waals surface area contributed by atoms with E-state index in [1.54, 1.807) is 17.9 Å². The number of piperidine rings is 1. The molecule has 1 N–H and O–H groups in total. The highest BCUT2D eigenvalue weighted by Gasteiger charge is 2.28. The van der Waals surface area contributed by atoms with Gasteiger partial charge in [0.25, 0.3) is 0 Å². The molecule has 0 saturated carbocycles. The second-order valence-corrected chi connectivity index (χ2v) is 7.14. The Kier molecular flexibility index (Phi) is 5.11. The summed E-state index contributed by atoms with van der Waals surface area (Å²) in [6.45, 7) is 5.09. The fraction of sp³-hybridized carbons (Fsp3) is 0.556. The zero-order valence-corrected chi connectivity index (χ0v) is 15.8. The van der Waals surface area contributed by atoms with E-state index in [0.717, 1.165) is 5.82 Å². The highest BCUT2D eigenvalue weighted by Crippen LogP contribution is 2.23. The van der Waals surface area contributed by atoms with Crippen molar-refractivity contribution in [1.82, 2.24) is 24.2 Å². The van der Waals surface area contributed by atoms with Gasteiger partial charge in [0.2, 0.25) is 11.8 Å². The quantitative estimate of drug-likeness (QED) is 0.901. The molecule has 0 aliphatic carbocycles. The highest BCUT2D eigenvalue weighted by atomic mass is 16.2. The summed E-state index contributed by atoms with van der Waals surface area (Å²) in [5.41, 5.74) is 0.715. The van der Waals surface area contributed by atoms with Gasteiger partial charge in [-0.15, -0.1) is 0 Å². The minimum atomic E-state index is -0.0854. The predicted molar refractivity (Wildman–Crippen MR) is 98.2 cm³/mol. The molecule has 0 atom stereocenters. The van der Waals surface area contributed by atoms with E-state index in [-0.39, 0.29) is 23.7 Å². The molecule has 2 aromatic rings. The Morgan fingerprint density at radius 3 is 2.50 bits per heavy atom. The Bertz CT molecular complexity index is 798. The van der Waals surface area contributed by atoms with Crippen LogP contribution in [0.3, 0.4) is 0 Å². The molecule has 0 spiro atoms. The van der Waals surface area contributed by atoms with Crippen LogP contribution in [0.25, 0.3) is 11.5 Å². The molecular formula is C18H26N6O2. The van der Waals surface area contributed by atoms with Crippen molar-refractivity contribution in [3.63, 3.8) is 0 Å². The Morgan fingerprint density at radius 1 is 1.23 bits per heavy atom. The van der Waals surface area contributed by atoms with Crippen LogP contribution in [0, 0.1) is 11.8 Å². The molecule has 8 nitrogen and oxygen atoms in total. The molecule has 0 unspecified atom stereocenters. The molecule has 1 saturated heterocycles. The Hall–Kier alpha value is -2.64. The van der Waals surface area contributed by atoms with Gasteiger partial charge >= 0.3 is 0 Å². The van der Waals surface area contributed by atoms with Crippen molar-refractivity contribution in [1.29, 1.82) is 0 Å². The van der Waals surface area contributed by atoms with Crippen molar-refractivity contribution in [2.45, 2.75) is 26.7 Å². The van der Waals surface area contributed by atoms with E-state index in [9.17, 15) is 9.59 Å². The lowest BCUT2D eigenvalue weighted by molar-refractivity contribution is -0.137. The molecule has 3 heterocycles. The SMILES string of the molecule is CC(C)C(=O)N1CCC(C(=O)Nc2cc(-c3nccn3C)nn2C)CC1. The van der Waals surface area contributed by atoms with Crippen LogP contribution in [-0.4, -0.2) is 49.1 Å². The number of hydrogen-bond acceptors (Lipinski definition) is 4. The Labute approximate surface area is 153 Å². The average molecular weight is 358 g/mol. The molecule has 8 heteroatoms.